The van der Waals surface area contributed by atoms with Crippen molar-refractivity contribution in [2.75, 3.05) is 43.6 Å². The van der Waals surface area contributed by atoms with Crippen molar-refractivity contribution >= 4 is 29.5 Å². The van der Waals surface area contributed by atoms with Crippen molar-refractivity contribution in [2.24, 2.45) is 0 Å². The molecule has 168 valence electrons. The van der Waals surface area contributed by atoms with Crippen molar-refractivity contribution in [1.29, 1.82) is 0 Å². The minimum absolute atomic E-state index is 0.239. The summed E-state index contributed by atoms with van der Waals surface area (Å²) >= 11 is 0. The molecule has 1 amide bonds. The average molecular weight is 450 g/mol. The Morgan fingerprint density at radius 1 is 1.28 bits per heavy atom. The summed E-state index contributed by atoms with van der Waals surface area (Å²) in [6, 6.07) is 2.24. The van der Waals surface area contributed by atoms with Gasteiger partial charge in [-0.25, -0.2) is 19.3 Å². The number of aldehydes is 1. The van der Waals surface area contributed by atoms with Crippen LogP contribution in [-0.2, 0) is 15.7 Å². The number of nitrogens with one attached hydrogen (secondary N) is 1. The van der Waals surface area contributed by atoms with E-state index in [2.05, 4.69) is 25.1 Å². The van der Waals surface area contributed by atoms with Crippen LogP contribution in [0.25, 0.3) is 16.9 Å². The molecule has 3 aromatic rings. The van der Waals surface area contributed by atoms with Gasteiger partial charge in [-0.05, 0) is 12.1 Å². The number of halogens is 3. The maximum Gasteiger partial charge on any atom is 0.417 e. The third-order valence-electron chi connectivity index (χ3n) is 4.78. The lowest BCUT2D eigenvalue weighted by atomic mass is 10.1. The highest BCUT2D eigenvalue weighted by molar-refractivity contribution is 5.84. The van der Waals surface area contributed by atoms with Crippen molar-refractivity contribution < 1.29 is 32.2 Å². The first-order valence-electron chi connectivity index (χ1n) is 9.41. The summed E-state index contributed by atoms with van der Waals surface area (Å²) in [6.45, 7) is 1.80. The number of alkyl halides is 3. The zero-order chi connectivity index (χ0) is 22.9. The lowest BCUT2D eigenvalue weighted by molar-refractivity contribution is -0.137. The zero-order valence-electron chi connectivity index (χ0n) is 16.7. The molecular weight excluding hydrogens is 433 g/mol. The number of amides is 1. The molecule has 13 heteroatoms. The molecule has 1 N–H and O–H groups in total. The fourth-order valence-electron chi connectivity index (χ4n) is 3.28. The predicted molar refractivity (Wildman–Crippen MR) is 106 cm³/mol. The quantitative estimate of drug-likeness (QED) is 0.604. The Labute approximate surface area is 179 Å². The van der Waals surface area contributed by atoms with Gasteiger partial charge < -0.3 is 14.4 Å². The molecule has 4 heterocycles. The van der Waals surface area contributed by atoms with E-state index in [0.29, 0.717) is 55.6 Å². The van der Waals surface area contributed by atoms with Gasteiger partial charge in [-0.15, -0.1) is 5.10 Å². The SMILES string of the molecule is COC(=O)Nc1cc(C(F)(F)F)c(-c2nc(N3CCOCC3)c3cc(C=O)cn3n2)cn1. The summed E-state index contributed by atoms with van der Waals surface area (Å²) in [6.07, 6.45) is -2.78. The van der Waals surface area contributed by atoms with E-state index in [1.54, 1.807) is 6.07 Å². The Balaban J connectivity index is 1.88. The Hall–Kier alpha value is -3.74. The summed E-state index contributed by atoms with van der Waals surface area (Å²) in [5.41, 5.74) is -0.694. The molecular formula is C19H17F3N6O4. The topological polar surface area (TPSA) is 111 Å². The molecule has 0 radical (unpaired) electrons. The molecule has 3 aromatic heterocycles. The van der Waals surface area contributed by atoms with Crippen LogP contribution in [-0.4, -0.2) is 65.4 Å². The van der Waals surface area contributed by atoms with Crippen LogP contribution in [0.4, 0.5) is 29.6 Å². The molecule has 0 aromatic carbocycles. The van der Waals surface area contributed by atoms with Crippen LogP contribution >= 0.6 is 0 Å². The normalized spacial score (nSPS) is 14.4. The Bertz CT molecular complexity index is 1170. The van der Waals surface area contributed by atoms with Gasteiger partial charge in [0.2, 0.25) is 0 Å². The molecule has 32 heavy (non-hydrogen) atoms. The van der Waals surface area contributed by atoms with Crippen molar-refractivity contribution in [3.63, 3.8) is 0 Å². The molecule has 0 atom stereocenters. The first-order chi connectivity index (χ1) is 15.3. The second-order valence-electron chi connectivity index (χ2n) is 6.81. The summed E-state index contributed by atoms with van der Waals surface area (Å²) in [5.74, 6) is -0.209. The molecule has 10 nitrogen and oxygen atoms in total. The first kappa shape index (κ1) is 21.5. The first-order valence-corrected chi connectivity index (χ1v) is 9.41. The molecule has 0 unspecified atom stereocenters. The number of hydrogen-bond donors (Lipinski definition) is 1. The highest BCUT2D eigenvalue weighted by atomic mass is 19.4. The molecule has 1 fully saturated rings. The Kier molecular flexibility index (Phi) is 5.65. The lowest BCUT2D eigenvalue weighted by Crippen LogP contribution is -2.37. The van der Waals surface area contributed by atoms with Gasteiger partial charge in [0.1, 0.15) is 11.3 Å². The van der Waals surface area contributed by atoms with E-state index in [-0.39, 0.29) is 17.2 Å². The summed E-state index contributed by atoms with van der Waals surface area (Å²) in [4.78, 5) is 32.7. The number of fused-ring (bicyclic) bond motifs is 1. The van der Waals surface area contributed by atoms with E-state index < -0.39 is 17.8 Å². The predicted octanol–water partition coefficient (Wildman–Crippen LogP) is 2.64. The second kappa shape index (κ2) is 8.42. The zero-order valence-corrected chi connectivity index (χ0v) is 16.7. The summed E-state index contributed by atoms with van der Waals surface area (Å²) in [5, 5.41) is 6.29. The van der Waals surface area contributed by atoms with Gasteiger partial charge in [-0.3, -0.25) is 10.1 Å². The molecule has 0 saturated carbocycles. The van der Waals surface area contributed by atoms with Gasteiger partial charge in [0.25, 0.3) is 0 Å². The van der Waals surface area contributed by atoms with Crippen LogP contribution in [0.1, 0.15) is 15.9 Å². The number of carbonyl (C=O) groups is 2. The monoisotopic (exact) mass is 450 g/mol. The standard InChI is InChI=1S/C19H17F3N6O4/c1-31-18(30)24-15-7-13(19(20,21)22)12(8-23-15)16-25-17(27-2-4-32-5-3-27)14-6-11(10-29)9-28(14)26-16/h6-10H,2-5H2,1H3,(H,23,24,30). The van der Waals surface area contributed by atoms with Gasteiger partial charge in [-0.1, -0.05) is 0 Å². The van der Waals surface area contributed by atoms with Gasteiger partial charge in [-0.2, -0.15) is 13.2 Å². The number of carbonyl (C=O) groups excluding carboxylic acids is 2. The molecule has 0 bridgehead atoms. The smallest absolute Gasteiger partial charge is 0.417 e. The lowest BCUT2D eigenvalue weighted by Gasteiger charge is -2.28. The van der Waals surface area contributed by atoms with E-state index >= 15 is 0 Å². The fraction of sp³-hybridized carbons (Fsp3) is 0.316. The summed E-state index contributed by atoms with van der Waals surface area (Å²) < 4.78 is 52.6. The Morgan fingerprint density at radius 2 is 2.03 bits per heavy atom. The van der Waals surface area contributed by atoms with E-state index in [1.807, 2.05) is 4.90 Å². The highest BCUT2D eigenvalue weighted by Crippen LogP contribution is 2.37. The minimum Gasteiger partial charge on any atom is -0.453 e. The van der Waals surface area contributed by atoms with Crippen molar-refractivity contribution in [2.45, 2.75) is 6.18 Å². The highest BCUT2D eigenvalue weighted by Gasteiger charge is 2.36. The van der Waals surface area contributed by atoms with Crippen LogP contribution in [0, 0.1) is 0 Å². The minimum atomic E-state index is -4.78. The van der Waals surface area contributed by atoms with Crippen molar-refractivity contribution in [1.82, 2.24) is 19.6 Å². The third kappa shape index (κ3) is 4.19. The molecule has 1 saturated heterocycles. The molecule has 1 aliphatic heterocycles. The Morgan fingerprint density at radius 3 is 2.69 bits per heavy atom. The van der Waals surface area contributed by atoms with Crippen LogP contribution in [0.2, 0.25) is 0 Å². The van der Waals surface area contributed by atoms with Crippen LogP contribution in [0.3, 0.4) is 0 Å². The maximum absolute atomic E-state index is 13.9. The van der Waals surface area contributed by atoms with Gasteiger partial charge in [0, 0.05) is 31.0 Å². The molecule has 0 spiro atoms. The van der Waals surface area contributed by atoms with Gasteiger partial charge >= 0.3 is 12.3 Å². The number of ether oxygens (including phenoxy) is 2. The maximum atomic E-state index is 13.9. The van der Waals surface area contributed by atoms with Crippen molar-refractivity contribution in [3.05, 3.63) is 35.7 Å². The number of nitrogens with zero attached hydrogens (tertiary/aromatic N) is 5. The fourth-order valence-corrected chi connectivity index (χ4v) is 3.28. The van der Waals surface area contributed by atoms with Crippen LogP contribution in [0.15, 0.2) is 24.5 Å². The number of rotatable bonds is 4. The van der Waals surface area contributed by atoms with Crippen LogP contribution < -0.4 is 10.2 Å². The van der Waals surface area contributed by atoms with E-state index in [9.17, 15) is 22.8 Å². The summed E-state index contributed by atoms with van der Waals surface area (Å²) in [7, 11) is 1.08. The average Bonchev–Trinajstić information content (AvgIpc) is 3.21. The second-order valence-corrected chi connectivity index (χ2v) is 6.81. The van der Waals surface area contributed by atoms with E-state index in [4.69, 9.17) is 4.74 Å². The number of hydrogen-bond acceptors (Lipinski definition) is 8. The number of methoxy groups -OCH3 is 1. The number of anilines is 2. The third-order valence-corrected chi connectivity index (χ3v) is 4.78. The van der Waals surface area contributed by atoms with E-state index in [0.717, 1.165) is 13.3 Å². The molecule has 0 aliphatic carbocycles. The number of morpholine rings is 1. The molecule has 1 aliphatic rings. The number of aromatic nitrogens is 4. The van der Waals surface area contributed by atoms with Gasteiger partial charge in [0.05, 0.1) is 31.5 Å². The van der Waals surface area contributed by atoms with Gasteiger partial charge in [0.15, 0.2) is 17.9 Å². The number of pyridine rings is 1. The largest absolute Gasteiger partial charge is 0.453 e. The van der Waals surface area contributed by atoms with Crippen molar-refractivity contribution in [3.8, 4) is 11.4 Å². The van der Waals surface area contributed by atoms with Crippen LogP contribution in [0.5, 0.6) is 0 Å². The molecule has 4 rings (SSSR count). The van der Waals surface area contributed by atoms with E-state index in [1.165, 1.54) is 10.7 Å².